The molecule has 1 unspecified atom stereocenters. The van der Waals surface area contributed by atoms with E-state index >= 15 is 0 Å². The molecule has 0 spiro atoms. The van der Waals surface area contributed by atoms with E-state index in [1.807, 2.05) is 36.4 Å². The van der Waals surface area contributed by atoms with Gasteiger partial charge in [-0.2, -0.15) is 9.78 Å². The Balaban J connectivity index is 1.46. The Morgan fingerprint density at radius 2 is 1.34 bits per heavy atom. The standard InChI is InChI=1S/C31H21N3O4/c35-28(25-19-32-26-18-10-9-15-22(25)26)29(20-11-3-1-4-12-20)38-31(37)27-23-16-7-8-17-24(23)30(36)34(33-27)21-13-5-2-6-14-21/h1-19,29,32H. The Hall–Kier alpha value is -5.30. The molecule has 7 heteroatoms. The molecular formula is C31H21N3O4. The first-order valence-electron chi connectivity index (χ1n) is 12.1. The van der Waals surface area contributed by atoms with Gasteiger partial charge < -0.3 is 9.72 Å². The zero-order chi connectivity index (χ0) is 26.1. The molecule has 0 aliphatic heterocycles. The van der Waals surface area contributed by atoms with Gasteiger partial charge in [0.05, 0.1) is 11.1 Å². The Labute approximate surface area is 216 Å². The lowest BCUT2D eigenvalue weighted by Gasteiger charge is -2.18. The van der Waals surface area contributed by atoms with E-state index in [4.69, 9.17) is 4.74 Å². The summed E-state index contributed by atoms with van der Waals surface area (Å²) in [6.07, 6.45) is 0.403. The fourth-order valence-corrected chi connectivity index (χ4v) is 4.56. The fraction of sp³-hybridized carbons (Fsp3) is 0.0323. The minimum Gasteiger partial charge on any atom is -0.444 e. The minimum atomic E-state index is -1.22. The maximum atomic E-state index is 13.8. The molecule has 184 valence electrons. The van der Waals surface area contributed by atoms with Crippen molar-refractivity contribution in [3.8, 4) is 5.69 Å². The lowest BCUT2D eigenvalue weighted by Crippen LogP contribution is -2.27. The van der Waals surface area contributed by atoms with Gasteiger partial charge in [0.2, 0.25) is 5.78 Å². The van der Waals surface area contributed by atoms with Crippen LogP contribution < -0.4 is 5.56 Å². The van der Waals surface area contributed by atoms with Gasteiger partial charge in [-0.25, -0.2) is 4.79 Å². The number of rotatable bonds is 6. The van der Waals surface area contributed by atoms with Crippen LogP contribution in [-0.2, 0) is 4.74 Å². The van der Waals surface area contributed by atoms with E-state index in [2.05, 4.69) is 10.1 Å². The summed E-state index contributed by atoms with van der Waals surface area (Å²) in [5.41, 5.74) is 1.82. The highest BCUT2D eigenvalue weighted by atomic mass is 16.5. The number of H-pyrrole nitrogens is 1. The molecule has 0 saturated heterocycles. The number of nitrogens with one attached hydrogen (secondary N) is 1. The molecule has 38 heavy (non-hydrogen) atoms. The molecule has 0 aliphatic rings. The molecule has 7 nitrogen and oxygen atoms in total. The van der Waals surface area contributed by atoms with Gasteiger partial charge in [-0.15, -0.1) is 0 Å². The van der Waals surface area contributed by atoms with Gasteiger partial charge in [-0.3, -0.25) is 9.59 Å². The van der Waals surface area contributed by atoms with E-state index in [1.165, 1.54) is 4.68 Å². The Bertz CT molecular complexity index is 1860. The number of carbonyl (C=O) groups excluding carboxylic acids is 2. The first-order chi connectivity index (χ1) is 18.6. The van der Waals surface area contributed by atoms with Crippen LogP contribution in [0, 0.1) is 0 Å². The van der Waals surface area contributed by atoms with Crippen molar-refractivity contribution in [1.82, 2.24) is 14.8 Å². The maximum absolute atomic E-state index is 13.8. The number of hydrogen-bond donors (Lipinski definition) is 1. The third kappa shape index (κ3) is 4.06. The van der Waals surface area contributed by atoms with E-state index in [0.29, 0.717) is 27.6 Å². The summed E-state index contributed by atoms with van der Waals surface area (Å²) in [7, 11) is 0. The highest BCUT2D eigenvalue weighted by Crippen LogP contribution is 2.28. The monoisotopic (exact) mass is 499 g/mol. The SMILES string of the molecule is O=C(OC(C(=O)c1c[nH]c2ccccc12)c1ccccc1)c1nn(-c2ccccc2)c(=O)c2ccccc12. The number of ether oxygens (including phenoxy) is 1. The van der Waals surface area contributed by atoms with Crippen molar-refractivity contribution < 1.29 is 14.3 Å². The molecular weight excluding hydrogens is 478 g/mol. The summed E-state index contributed by atoms with van der Waals surface area (Å²) in [5, 5.41) is 5.80. The Morgan fingerprint density at radius 3 is 2.08 bits per heavy atom. The van der Waals surface area contributed by atoms with Crippen molar-refractivity contribution >= 4 is 33.4 Å². The predicted molar refractivity (Wildman–Crippen MR) is 145 cm³/mol. The largest absolute Gasteiger partial charge is 0.444 e. The molecule has 0 radical (unpaired) electrons. The third-order valence-corrected chi connectivity index (χ3v) is 6.42. The molecule has 6 aromatic rings. The molecule has 0 amide bonds. The van der Waals surface area contributed by atoms with Gasteiger partial charge in [-0.1, -0.05) is 84.9 Å². The summed E-state index contributed by atoms with van der Waals surface area (Å²) in [5.74, 6) is -1.18. The second-order valence-corrected chi connectivity index (χ2v) is 8.75. The average Bonchev–Trinajstić information content (AvgIpc) is 3.41. The molecule has 1 N–H and O–H groups in total. The van der Waals surface area contributed by atoms with Crippen LogP contribution in [0.15, 0.2) is 120 Å². The van der Waals surface area contributed by atoms with Crippen molar-refractivity contribution in [2.45, 2.75) is 6.10 Å². The van der Waals surface area contributed by atoms with E-state index in [0.717, 1.165) is 10.9 Å². The average molecular weight is 500 g/mol. The van der Waals surface area contributed by atoms with Gasteiger partial charge in [-0.05, 0) is 24.3 Å². The van der Waals surface area contributed by atoms with Gasteiger partial charge in [0.1, 0.15) is 0 Å². The highest BCUT2D eigenvalue weighted by Gasteiger charge is 2.30. The van der Waals surface area contributed by atoms with Crippen LogP contribution in [0.25, 0.3) is 27.4 Å². The number of para-hydroxylation sites is 2. The molecule has 2 heterocycles. The summed E-state index contributed by atoms with van der Waals surface area (Å²) in [6.45, 7) is 0. The number of ketones is 1. The number of esters is 1. The zero-order valence-electron chi connectivity index (χ0n) is 20.1. The predicted octanol–water partition coefficient (Wildman–Crippen LogP) is 5.65. The number of aromatic amines is 1. The van der Waals surface area contributed by atoms with E-state index < -0.39 is 12.1 Å². The van der Waals surface area contributed by atoms with E-state index in [-0.39, 0.29) is 17.0 Å². The molecule has 0 aliphatic carbocycles. The molecule has 0 fully saturated rings. The zero-order valence-corrected chi connectivity index (χ0v) is 20.1. The van der Waals surface area contributed by atoms with Gasteiger partial charge in [0, 0.05) is 33.6 Å². The normalized spacial score (nSPS) is 11.9. The van der Waals surface area contributed by atoms with Crippen molar-refractivity contribution in [2.75, 3.05) is 0 Å². The lowest BCUT2D eigenvalue weighted by atomic mass is 9.99. The van der Waals surface area contributed by atoms with Crippen molar-refractivity contribution in [2.24, 2.45) is 0 Å². The van der Waals surface area contributed by atoms with Crippen LogP contribution in [0.4, 0.5) is 0 Å². The number of hydrogen-bond acceptors (Lipinski definition) is 5. The second kappa shape index (κ2) is 9.63. The number of carbonyl (C=O) groups is 2. The number of aromatic nitrogens is 3. The smallest absolute Gasteiger partial charge is 0.360 e. The number of benzene rings is 4. The summed E-state index contributed by atoms with van der Waals surface area (Å²) < 4.78 is 7.09. The summed E-state index contributed by atoms with van der Waals surface area (Å²) in [6, 6.07) is 31.9. The molecule has 0 bridgehead atoms. The van der Waals surface area contributed by atoms with E-state index in [9.17, 15) is 14.4 Å². The third-order valence-electron chi connectivity index (χ3n) is 6.42. The van der Waals surface area contributed by atoms with Crippen LogP contribution in [0.5, 0.6) is 0 Å². The second-order valence-electron chi connectivity index (χ2n) is 8.75. The summed E-state index contributed by atoms with van der Waals surface area (Å²) >= 11 is 0. The Morgan fingerprint density at radius 1 is 0.737 bits per heavy atom. The first-order valence-corrected chi connectivity index (χ1v) is 12.1. The maximum Gasteiger partial charge on any atom is 0.360 e. The van der Waals surface area contributed by atoms with Crippen LogP contribution in [-0.4, -0.2) is 26.5 Å². The highest BCUT2D eigenvalue weighted by molar-refractivity contribution is 6.11. The number of Topliss-reactive ketones (excluding diaryl/α,β-unsaturated/α-hetero) is 1. The van der Waals surface area contributed by atoms with Gasteiger partial charge in [0.25, 0.3) is 5.56 Å². The van der Waals surface area contributed by atoms with Crippen LogP contribution >= 0.6 is 0 Å². The first kappa shape index (κ1) is 23.1. The van der Waals surface area contributed by atoms with Crippen molar-refractivity contribution in [3.63, 3.8) is 0 Å². The molecule has 2 aromatic heterocycles. The molecule has 0 saturated carbocycles. The lowest BCUT2D eigenvalue weighted by molar-refractivity contribution is 0.0275. The minimum absolute atomic E-state index is 0.0586. The van der Waals surface area contributed by atoms with Crippen LogP contribution in [0.3, 0.4) is 0 Å². The molecule has 6 rings (SSSR count). The van der Waals surface area contributed by atoms with E-state index in [1.54, 1.807) is 79.0 Å². The van der Waals surface area contributed by atoms with Crippen molar-refractivity contribution in [1.29, 1.82) is 0 Å². The van der Waals surface area contributed by atoms with Crippen LogP contribution in [0.1, 0.15) is 32.5 Å². The molecule has 4 aromatic carbocycles. The quantitative estimate of drug-likeness (QED) is 0.236. The summed E-state index contributed by atoms with van der Waals surface area (Å²) in [4.78, 5) is 43.9. The van der Waals surface area contributed by atoms with Crippen LogP contribution in [0.2, 0.25) is 0 Å². The van der Waals surface area contributed by atoms with Gasteiger partial charge >= 0.3 is 5.97 Å². The number of nitrogens with zero attached hydrogens (tertiary/aromatic N) is 2. The van der Waals surface area contributed by atoms with Crippen molar-refractivity contribution in [3.05, 3.63) is 143 Å². The number of fused-ring (bicyclic) bond motifs is 2. The molecule has 1 atom stereocenters. The Kier molecular flexibility index (Phi) is 5.86. The topological polar surface area (TPSA) is 94.1 Å². The van der Waals surface area contributed by atoms with Gasteiger partial charge in [0.15, 0.2) is 11.8 Å². The fourth-order valence-electron chi connectivity index (χ4n) is 4.56.